The summed E-state index contributed by atoms with van der Waals surface area (Å²) >= 11 is 2.93. The highest BCUT2D eigenvalue weighted by atomic mass is 32.2. The molecule has 1 unspecified atom stereocenters. The van der Waals surface area contributed by atoms with E-state index >= 15 is 0 Å². The first-order valence-electron chi connectivity index (χ1n) is 9.87. The van der Waals surface area contributed by atoms with E-state index in [1.165, 1.54) is 28.2 Å². The average Bonchev–Trinajstić information content (AvgIpc) is 3.51. The van der Waals surface area contributed by atoms with Crippen LogP contribution in [-0.2, 0) is 7.05 Å². The summed E-state index contributed by atoms with van der Waals surface area (Å²) in [5, 5.41) is 20.1. The summed E-state index contributed by atoms with van der Waals surface area (Å²) in [7, 11) is 1.57. The number of aromatic nitrogens is 7. The molecule has 3 heterocycles. The first-order valence-corrected chi connectivity index (χ1v) is 11.7. The Hall–Kier alpha value is -2.73. The molecule has 0 aliphatic rings. The van der Waals surface area contributed by atoms with Gasteiger partial charge in [-0.1, -0.05) is 60.3 Å². The second kappa shape index (κ2) is 9.82. The fraction of sp³-hybridized carbons (Fsp3) is 0.350. The molecule has 8 nitrogen and oxygen atoms in total. The summed E-state index contributed by atoms with van der Waals surface area (Å²) in [6.07, 6.45) is -0.393. The van der Waals surface area contributed by atoms with Crippen LogP contribution in [0.5, 0.6) is 0 Å². The number of hydrogen-bond donors (Lipinski definition) is 1. The van der Waals surface area contributed by atoms with E-state index in [1.807, 2.05) is 31.2 Å². The van der Waals surface area contributed by atoms with Gasteiger partial charge in [-0.15, -0.1) is 15.3 Å². The Morgan fingerprint density at radius 2 is 1.97 bits per heavy atom. The van der Waals surface area contributed by atoms with Gasteiger partial charge in [0.05, 0.1) is 5.56 Å². The summed E-state index contributed by atoms with van der Waals surface area (Å²) < 4.78 is 33.3. The SMILES string of the molecule is CCC(CSc1nnc(-c2cn(C)nc2C(F)F)o1)Sc1n[nH]c(-c2ccc(C)cc2)n1. The van der Waals surface area contributed by atoms with Gasteiger partial charge < -0.3 is 4.42 Å². The van der Waals surface area contributed by atoms with Crippen LogP contribution in [0, 0.1) is 6.92 Å². The highest BCUT2D eigenvalue weighted by Crippen LogP contribution is 2.33. The minimum atomic E-state index is -2.72. The Morgan fingerprint density at radius 3 is 2.69 bits per heavy atom. The fourth-order valence-electron chi connectivity index (χ4n) is 2.90. The van der Waals surface area contributed by atoms with Crippen LogP contribution in [0.25, 0.3) is 22.8 Å². The zero-order valence-corrected chi connectivity index (χ0v) is 19.3. The number of thioether (sulfide) groups is 2. The lowest BCUT2D eigenvalue weighted by molar-refractivity contribution is 0.145. The molecule has 3 aromatic heterocycles. The van der Waals surface area contributed by atoms with Crippen LogP contribution >= 0.6 is 23.5 Å². The summed E-state index contributed by atoms with van der Waals surface area (Å²) in [5.74, 6) is 1.43. The van der Waals surface area contributed by atoms with Gasteiger partial charge in [-0.2, -0.15) is 5.10 Å². The lowest BCUT2D eigenvalue weighted by Crippen LogP contribution is -2.04. The first-order chi connectivity index (χ1) is 15.4. The summed E-state index contributed by atoms with van der Waals surface area (Å²) in [6, 6.07) is 8.08. The number of rotatable bonds is 9. The van der Waals surface area contributed by atoms with E-state index in [0.717, 1.165) is 17.8 Å². The molecule has 0 bridgehead atoms. The molecule has 0 spiro atoms. The largest absolute Gasteiger partial charge is 0.411 e. The van der Waals surface area contributed by atoms with Crippen molar-refractivity contribution >= 4 is 23.5 Å². The average molecular weight is 478 g/mol. The minimum absolute atomic E-state index is 0.0355. The summed E-state index contributed by atoms with van der Waals surface area (Å²) in [6.45, 7) is 4.12. The lowest BCUT2D eigenvalue weighted by atomic mass is 10.1. The Balaban J connectivity index is 1.38. The van der Waals surface area contributed by atoms with Crippen LogP contribution in [0.15, 0.2) is 45.3 Å². The van der Waals surface area contributed by atoms with Gasteiger partial charge >= 0.3 is 0 Å². The maximum atomic E-state index is 13.2. The van der Waals surface area contributed by atoms with E-state index in [1.54, 1.807) is 18.8 Å². The highest BCUT2D eigenvalue weighted by molar-refractivity contribution is 8.03. The molecular weight excluding hydrogens is 456 g/mol. The molecule has 4 aromatic rings. The number of halogens is 2. The monoisotopic (exact) mass is 477 g/mol. The molecule has 0 aliphatic carbocycles. The molecule has 0 fully saturated rings. The third-order valence-electron chi connectivity index (χ3n) is 4.61. The predicted octanol–water partition coefficient (Wildman–Crippen LogP) is 5.16. The van der Waals surface area contributed by atoms with E-state index in [2.05, 4.69) is 37.4 Å². The molecule has 0 radical (unpaired) electrons. The second-order valence-electron chi connectivity index (χ2n) is 7.07. The van der Waals surface area contributed by atoms with Crippen molar-refractivity contribution in [1.82, 2.24) is 35.2 Å². The topological polar surface area (TPSA) is 98.3 Å². The van der Waals surface area contributed by atoms with E-state index in [-0.39, 0.29) is 22.4 Å². The molecule has 1 N–H and O–H groups in total. The third kappa shape index (κ3) is 5.18. The van der Waals surface area contributed by atoms with Crippen molar-refractivity contribution in [3.63, 3.8) is 0 Å². The number of nitrogens with zero attached hydrogens (tertiary/aromatic N) is 6. The van der Waals surface area contributed by atoms with Crippen molar-refractivity contribution in [2.75, 3.05) is 5.75 Å². The van der Waals surface area contributed by atoms with Crippen LogP contribution in [0.2, 0.25) is 0 Å². The number of hydrogen-bond acceptors (Lipinski definition) is 8. The van der Waals surface area contributed by atoms with Crippen molar-refractivity contribution in [3.8, 4) is 22.8 Å². The van der Waals surface area contributed by atoms with Crippen LogP contribution in [-0.4, -0.2) is 46.2 Å². The van der Waals surface area contributed by atoms with E-state index < -0.39 is 6.43 Å². The van der Waals surface area contributed by atoms with Crippen molar-refractivity contribution in [3.05, 3.63) is 41.7 Å². The molecule has 1 atom stereocenters. The van der Waals surface area contributed by atoms with Gasteiger partial charge in [0.1, 0.15) is 5.69 Å². The Kier molecular flexibility index (Phi) is 6.89. The number of H-pyrrole nitrogens is 1. The zero-order valence-electron chi connectivity index (χ0n) is 17.6. The number of alkyl halides is 2. The number of nitrogens with one attached hydrogen (secondary N) is 1. The maximum Gasteiger partial charge on any atom is 0.282 e. The Morgan fingerprint density at radius 1 is 1.19 bits per heavy atom. The van der Waals surface area contributed by atoms with Crippen LogP contribution in [0.3, 0.4) is 0 Å². The molecule has 0 aliphatic heterocycles. The molecular formula is C20H21F2N7OS2. The predicted molar refractivity (Wildman–Crippen MR) is 119 cm³/mol. The molecule has 32 heavy (non-hydrogen) atoms. The van der Waals surface area contributed by atoms with Gasteiger partial charge in [0.25, 0.3) is 17.5 Å². The van der Waals surface area contributed by atoms with Crippen molar-refractivity contribution in [2.45, 2.75) is 42.3 Å². The van der Waals surface area contributed by atoms with Crippen LogP contribution in [0.1, 0.15) is 31.0 Å². The molecule has 0 amide bonds. The zero-order chi connectivity index (χ0) is 22.7. The molecule has 0 saturated carbocycles. The molecule has 168 valence electrons. The molecule has 12 heteroatoms. The van der Waals surface area contributed by atoms with Gasteiger partial charge in [0.2, 0.25) is 5.16 Å². The lowest BCUT2D eigenvalue weighted by Gasteiger charge is -2.09. The number of benzene rings is 1. The van der Waals surface area contributed by atoms with Crippen LogP contribution < -0.4 is 0 Å². The van der Waals surface area contributed by atoms with Gasteiger partial charge in [-0.3, -0.25) is 9.78 Å². The fourth-order valence-corrected chi connectivity index (χ4v) is 4.88. The van der Waals surface area contributed by atoms with E-state index in [0.29, 0.717) is 16.1 Å². The Labute approximate surface area is 191 Å². The normalized spacial score (nSPS) is 12.6. The van der Waals surface area contributed by atoms with Crippen molar-refractivity contribution in [1.29, 1.82) is 0 Å². The van der Waals surface area contributed by atoms with Gasteiger partial charge in [-0.05, 0) is 13.3 Å². The van der Waals surface area contributed by atoms with Gasteiger partial charge in [-0.25, -0.2) is 13.8 Å². The summed E-state index contributed by atoms with van der Waals surface area (Å²) in [5.41, 5.74) is 1.94. The first kappa shape index (κ1) is 22.5. The minimum Gasteiger partial charge on any atom is -0.411 e. The van der Waals surface area contributed by atoms with Gasteiger partial charge in [0, 0.05) is 29.8 Å². The van der Waals surface area contributed by atoms with Crippen molar-refractivity contribution in [2.24, 2.45) is 7.05 Å². The van der Waals surface area contributed by atoms with Gasteiger partial charge in [0.15, 0.2) is 5.82 Å². The molecule has 0 saturated heterocycles. The Bertz CT molecular complexity index is 1170. The van der Waals surface area contributed by atoms with E-state index in [4.69, 9.17) is 4.42 Å². The standard InChI is InChI=1S/C20H21F2N7OS2/c1-4-13(32-19-23-17(24-26-19)12-7-5-11(2)6-8-12)10-31-20-27-25-18(30-20)14-9-29(3)28-15(14)16(21)22/h5-9,13,16H,4,10H2,1-3H3,(H,23,24,26). The number of aromatic amines is 1. The number of aryl methyl sites for hydroxylation is 2. The quantitative estimate of drug-likeness (QED) is 0.330. The smallest absolute Gasteiger partial charge is 0.282 e. The second-order valence-corrected chi connectivity index (χ2v) is 9.31. The molecule has 1 aromatic carbocycles. The molecule has 4 rings (SSSR count). The maximum absolute atomic E-state index is 13.2. The highest BCUT2D eigenvalue weighted by Gasteiger charge is 2.23. The van der Waals surface area contributed by atoms with Crippen molar-refractivity contribution < 1.29 is 13.2 Å². The third-order valence-corrected chi connectivity index (χ3v) is 7.03. The summed E-state index contributed by atoms with van der Waals surface area (Å²) in [4.78, 5) is 4.58. The van der Waals surface area contributed by atoms with E-state index in [9.17, 15) is 8.78 Å². The van der Waals surface area contributed by atoms with Crippen LogP contribution in [0.4, 0.5) is 8.78 Å².